The van der Waals surface area contributed by atoms with Gasteiger partial charge in [-0.15, -0.1) is 0 Å². The normalized spacial score (nSPS) is 15.5. The van der Waals surface area contributed by atoms with Crippen LogP contribution in [0.4, 0.5) is 16.2 Å². The van der Waals surface area contributed by atoms with E-state index in [0.29, 0.717) is 27.9 Å². The van der Waals surface area contributed by atoms with Gasteiger partial charge in [0, 0.05) is 17.7 Å². The first-order valence-corrected chi connectivity index (χ1v) is 11.5. The molecule has 1 atom stereocenters. The highest BCUT2D eigenvalue weighted by Crippen LogP contribution is 2.30. The van der Waals surface area contributed by atoms with Crippen molar-refractivity contribution in [3.63, 3.8) is 0 Å². The van der Waals surface area contributed by atoms with Crippen LogP contribution in [-0.2, 0) is 9.59 Å². The Labute approximate surface area is 209 Å². The lowest BCUT2D eigenvalue weighted by molar-refractivity contribution is -0.119. The fraction of sp³-hybridized carbons (Fsp3) is 0.120. The monoisotopic (exact) mass is 508 g/mol. The zero-order valence-corrected chi connectivity index (χ0v) is 19.6. The van der Waals surface area contributed by atoms with E-state index in [2.05, 4.69) is 15.6 Å². The molecular formula is C25H18Cl2N4O4. The second kappa shape index (κ2) is 9.40. The van der Waals surface area contributed by atoms with Crippen LogP contribution < -0.4 is 15.5 Å². The molecule has 2 heterocycles. The molecule has 10 heteroatoms. The van der Waals surface area contributed by atoms with Crippen molar-refractivity contribution in [3.05, 3.63) is 76.8 Å². The molecule has 35 heavy (non-hydrogen) atoms. The van der Waals surface area contributed by atoms with E-state index in [1.165, 1.54) is 18.2 Å². The number of carbonyl (C=O) groups is 3. The molecule has 176 valence electrons. The van der Waals surface area contributed by atoms with Crippen molar-refractivity contribution in [2.45, 2.75) is 18.9 Å². The first kappa shape index (κ1) is 22.9. The summed E-state index contributed by atoms with van der Waals surface area (Å²) >= 11 is 11.9. The molecule has 1 saturated heterocycles. The molecule has 1 aliphatic heterocycles. The van der Waals surface area contributed by atoms with Crippen LogP contribution in [0.3, 0.4) is 0 Å². The van der Waals surface area contributed by atoms with E-state index in [1.54, 1.807) is 18.2 Å². The van der Waals surface area contributed by atoms with Crippen LogP contribution in [0.2, 0.25) is 10.0 Å². The largest absolute Gasteiger partial charge is 0.436 e. The van der Waals surface area contributed by atoms with Gasteiger partial charge in [-0.2, -0.15) is 0 Å². The number of carbonyl (C=O) groups excluding carboxylic acids is 3. The van der Waals surface area contributed by atoms with Crippen LogP contribution in [0, 0.1) is 0 Å². The van der Waals surface area contributed by atoms with Gasteiger partial charge in [-0.05, 0) is 55.0 Å². The van der Waals surface area contributed by atoms with Crippen molar-refractivity contribution >= 4 is 63.5 Å². The number of para-hydroxylation sites is 2. The van der Waals surface area contributed by atoms with E-state index in [-0.39, 0.29) is 23.8 Å². The average molecular weight is 509 g/mol. The van der Waals surface area contributed by atoms with Gasteiger partial charge >= 0.3 is 6.03 Å². The maximum atomic E-state index is 12.8. The highest BCUT2D eigenvalue weighted by atomic mass is 35.5. The Morgan fingerprint density at radius 2 is 1.86 bits per heavy atom. The van der Waals surface area contributed by atoms with Gasteiger partial charge in [0.25, 0.3) is 5.91 Å². The molecular weight excluding hydrogens is 491 g/mol. The van der Waals surface area contributed by atoms with Gasteiger partial charge in [-0.25, -0.2) is 14.7 Å². The third-order valence-electron chi connectivity index (χ3n) is 5.53. The highest BCUT2D eigenvalue weighted by molar-refractivity contribution is 6.42. The number of fused-ring (bicyclic) bond motifs is 1. The molecule has 3 aromatic carbocycles. The molecule has 4 aromatic rings. The van der Waals surface area contributed by atoms with Gasteiger partial charge < -0.3 is 15.1 Å². The van der Waals surface area contributed by atoms with Crippen LogP contribution in [0.25, 0.3) is 22.6 Å². The van der Waals surface area contributed by atoms with Crippen molar-refractivity contribution in [2.75, 3.05) is 10.2 Å². The van der Waals surface area contributed by atoms with Gasteiger partial charge in [0.2, 0.25) is 11.8 Å². The third kappa shape index (κ3) is 4.71. The number of halogens is 2. The van der Waals surface area contributed by atoms with E-state index in [1.807, 2.05) is 30.3 Å². The topological polar surface area (TPSA) is 105 Å². The molecule has 1 aliphatic rings. The van der Waals surface area contributed by atoms with Crippen LogP contribution in [0.1, 0.15) is 12.8 Å². The smallest absolute Gasteiger partial charge is 0.329 e. The Bertz CT molecular complexity index is 1440. The molecule has 0 radical (unpaired) electrons. The Hall–Kier alpha value is -3.88. The number of rotatable bonds is 6. The molecule has 4 amide bonds. The molecule has 0 saturated carbocycles. The lowest BCUT2D eigenvalue weighted by Gasteiger charge is -2.14. The predicted octanol–water partition coefficient (Wildman–Crippen LogP) is 5.65. The first-order valence-electron chi connectivity index (χ1n) is 10.7. The van der Waals surface area contributed by atoms with Gasteiger partial charge in [0.05, 0.1) is 15.7 Å². The maximum Gasteiger partial charge on any atom is 0.329 e. The zero-order valence-electron chi connectivity index (χ0n) is 18.1. The SMILES string of the molecule is O=C(CCC1NC(=O)N(c2ccc(Cl)c(Cl)c2)C1=O)Nc1cccc(-c2nc3ccccc3o2)c1. The number of nitrogens with zero attached hydrogens (tertiary/aromatic N) is 2. The van der Waals surface area contributed by atoms with Gasteiger partial charge in [-0.1, -0.05) is 41.4 Å². The Balaban J connectivity index is 1.22. The van der Waals surface area contributed by atoms with Crippen molar-refractivity contribution in [3.8, 4) is 11.5 Å². The standard InChI is InChI=1S/C25H18Cl2N4O4/c26-17-9-8-16(13-18(17)27)31-24(33)20(30-25(31)34)10-11-22(32)28-15-5-3-4-14(12-15)23-29-19-6-1-2-7-21(19)35-23/h1-9,12-13,20H,10-11H2,(H,28,32)(H,30,34). The fourth-order valence-corrected chi connectivity index (χ4v) is 4.11. The second-order valence-electron chi connectivity index (χ2n) is 7.93. The van der Waals surface area contributed by atoms with E-state index in [0.717, 1.165) is 16.0 Å². The number of amides is 4. The number of aromatic nitrogens is 1. The van der Waals surface area contributed by atoms with E-state index in [4.69, 9.17) is 27.6 Å². The lowest BCUT2D eigenvalue weighted by atomic mass is 10.1. The first-order chi connectivity index (χ1) is 16.9. The molecule has 0 spiro atoms. The molecule has 1 fully saturated rings. The number of nitrogens with one attached hydrogen (secondary N) is 2. The van der Waals surface area contributed by atoms with Crippen molar-refractivity contribution < 1.29 is 18.8 Å². The summed E-state index contributed by atoms with van der Waals surface area (Å²) in [5.41, 5.74) is 3.01. The Kier molecular flexibility index (Phi) is 6.15. The van der Waals surface area contributed by atoms with Crippen LogP contribution in [-0.4, -0.2) is 28.9 Å². The highest BCUT2D eigenvalue weighted by Gasteiger charge is 2.39. The summed E-state index contributed by atoms with van der Waals surface area (Å²) in [5, 5.41) is 5.97. The van der Waals surface area contributed by atoms with E-state index in [9.17, 15) is 14.4 Å². The van der Waals surface area contributed by atoms with Crippen molar-refractivity contribution in [1.29, 1.82) is 0 Å². The fourth-order valence-electron chi connectivity index (χ4n) is 3.82. The number of hydrogen-bond donors (Lipinski definition) is 2. The van der Waals surface area contributed by atoms with Crippen molar-refractivity contribution in [1.82, 2.24) is 10.3 Å². The summed E-state index contributed by atoms with van der Waals surface area (Å²) in [6.07, 6.45) is 0.165. The summed E-state index contributed by atoms with van der Waals surface area (Å²) in [6.45, 7) is 0. The second-order valence-corrected chi connectivity index (χ2v) is 8.74. The quantitative estimate of drug-likeness (QED) is 0.327. The van der Waals surface area contributed by atoms with Crippen molar-refractivity contribution in [2.24, 2.45) is 0 Å². The number of urea groups is 1. The van der Waals surface area contributed by atoms with E-state index < -0.39 is 18.0 Å². The molecule has 5 rings (SSSR count). The average Bonchev–Trinajstić information content (AvgIpc) is 3.40. The molecule has 0 aliphatic carbocycles. The Morgan fingerprint density at radius 3 is 2.66 bits per heavy atom. The minimum absolute atomic E-state index is 0.0268. The van der Waals surface area contributed by atoms with Crippen LogP contribution in [0.15, 0.2) is 71.1 Å². The zero-order chi connectivity index (χ0) is 24.5. The summed E-state index contributed by atoms with van der Waals surface area (Å²) in [4.78, 5) is 43.2. The number of oxazole rings is 1. The molecule has 2 N–H and O–H groups in total. The predicted molar refractivity (Wildman–Crippen MR) is 134 cm³/mol. The summed E-state index contributed by atoms with van der Waals surface area (Å²) in [6, 6.07) is 17.7. The van der Waals surface area contributed by atoms with Gasteiger partial charge in [0.15, 0.2) is 5.58 Å². The Morgan fingerprint density at radius 1 is 1.03 bits per heavy atom. The van der Waals surface area contributed by atoms with Crippen LogP contribution in [0.5, 0.6) is 0 Å². The van der Waals surface area contributed by atoms with E-state index >= 15 is 0 Å². The minimum Gasteiger partial charge on any atom is -0.436 e. The van der Waals surface area contributed by atoms with Gasteiger partial charge in [0.1, 0.15) is 11.6 Å². The number of imide groups is 1. The number of benzene rings is 3. The van der Waals surface area contributed by atoms with Gasteiger partial charge in [-0.3, -0.25) is 9.59 Å². The minimum atomic E-state index is -0.825. The lowest BCUT2D eigenvalue weighted by Crippen LogP contribution is -2.31. The maximum absolute atomic E-state index is 12.8. The summed E-state index contributed by atoms with van der Waals surface area (Å²) < 4.78 is 5.79. The summed E-state index contributed by atoms with van der Waals surface area (Å²) in [5.74, 6) is -0.308. The molecule has 1 aromatic heterocycles. The summed E-state index contributed by atoms with van der Waals surface area (Å²) in [7, 11) is 0. The third-order valence-corrected chi connectivity index (χ3v) is 6.27. The molecule has 8 nitrogen and oxygen atoms in total. The molecule has 1 unspecified atom stereocenters. The number of anilines is 2. The number of hydrogen-bond acceptors (Lipinski definition) is 5. The molecule has 0 bridgehead atoms. The van der Waals surface area contributed by atoms with Crippen LogP contribution >= 0.6 is 23.2 Å².